The Morgan fingerprint density at radius 3 is 2.28 bits per heavy atom. The minimum atomic E-state index is -3.68. The Labute approximate surface area is 173 Å². The van der Waals surface area contributed by atoms with E-state index < -0.39 is 10.0 Å². The second kappa shape index (κ2) is 8.82. The zero-order valence-electron chi connectivity index (χ0n) is 17.2. The van der Waals surface area contributed by atoms with Crippen molar-refractivity contribution >= 4 is 27.4 Å². The Balaban J connectivity index is 1.72. The lowest BCUT2D eigenvalue weighted by atomic mass is 9.95. The Kier molecular flexibility index (Phi) is 6.42. The molecule has 0 saturated carbocycles. The van der Waals surface area contributed by atoms with Gasteiger partial charge in [-0.15, -0.1) is 0 Å². The van der Waals surface area contributed by atoms with Gasteiger partial charge in [-0.3, -0.25) is 9.10 Å². The van der Waals surface area contributed by atoms with E-state index in [0.717, 1.165) is 31.7 Å². The van der Waals surface area contributed by atoms with E-state index >= 15 is 0 Å². The molecule has 0 radical (unpaired) electrons. The largest absolute Gasteiger partial charge is 0.357 e. The van der Waals surface area contributed by atoms with Crippen LogP contribution in [-0.2, 0) is 14.8 Å². The normalized spacial score (nSPS) is 15.2. The fraction of sp³-hybridized carbons (Fsp3) is 0.429. The number of benzene rings is 1. The van der Waals surface area contributed by atoms with Crippen LogP contribution in [0.3, 0.4) is 0 Å². The highest BCUT2D eigenvalue weighted by Crippen LogP contribution is 2.26. The first-order valence-electron chi connectivity index (χ1n) is 9.84. The first-order valence-corrected chi connectivity index (χ1v) is 11.3. The van der Waals surface area contributed by atoms with E-state index in [1.165, 1.54) is 10.5 Å². The topological polar surface area (TPSA) is 73.8 Å². The van der Waals surface area contributed by atoms with Crippen LogP contribution in [0.5, 0.6) is 0 Å². The summed E-state index contributed by atoms with van der Waals surface area (Å²) in [6.45, 7) is 3.61. The van der Waals surface area contributed by atoms with E-state index in [0.29, 0.717) is 12.2 Å². The van der Waals surface area contributed by atoms with Crippen molar-refractivity contribution in [1.29, 1.82) is 0 Å². The minimum absolute atomic E-state index is 0.0462. The predicted octanol–water partition coefficient (Wildman–Crippen LogP) is 2.60. The van der Waals surface area contributed by atoms with Gasteiger partial charge in [0.2, 0.25) is 5.91 Å². The Hall–Kier alpha value is -2.61. The summed E-state index contributed by atoms with van der Waals surface area (Å²) in [4.78, 5) is 20.5. The third kappa shape index (κ3) is 4.53. The van der Waals surface area contributed by atoms with Crippen LogP contribution in [-0.4, -0.2) is 57.9 Å². The molecular weight excluding hydrogens is 388 g/mol. The molecule has 0 N–H and O–H groups in total. The molecule has 1 aromatic carbocycles. The summed E-state index contributed by atoms with van der Waals surface area (Å²) in [6, 6.07) is 12.4. The predicted molar refractivity (Wildman–Crippen MR) is 115 cm³/mol. The number of carbonyl (C=O) groups is 1. The Bertz CT molecular complexity index is 922. The minimum Gasteiger partial charge on any atom is -0.357 e. The van der Waals surface area contributed by atoms with E-state index in [9.17, 15) is 13.2 Å². The monoisotopic (exact) mass is 416 g/mol. The third-order valence-electron chi connectivity index (χ3n) is 5.25. The molecule has 1 aliphatic rings. The number of piperidine rings is 1. The van der Waals surface area contributed by atoms with Gasteiger partial charge < -0.3 is 9.80 Å². The molecule has 0 aliphatic carbocycles. The highest BCUT2D eigenvalue weighted by atomic mass is 32.2. The van der Waals surface area contributed by atoms with E-state index in [4.69, 9.17) is 0 Å². The average molecular weight is 417 g/mol. The van der Waals surface area contributed by atoms with Crippen molar-refractivity contribution < 1.29 is 13.2 Å². The Morgan fingerprint density at radius 1 is 1.10 bits per heavy atom. The third-order valence-corrected chi connectivity index (χ3v) is 7.14. The van der Waals surface area contributed by atoms with Crippen molar-refractivity contribution in [2.75, 3.05) is 42.9 Å². The van der Waals surface area contributed by atoms with Crippen LogP contribution in [0.2, 0.25) is 0 Å². The van der Waals surface area contributed by atoms with Gasteiger partial charge in [-0.1, -0.05) is 18.2 Å². The lowest BCUT2D eigenvalue weighted by Crippen LogP contribution is -2.40. The first-order chi connectivity index (χ1) is 13.8. The summed E-state index contributed by atoms with van der Waals surface area (Å²) in [5, 5.41) is 0. The fourth-order valence-corrected chi connectivity index (χ4v) is 5.07. The molecule has 29 heavy (non-hydrogen) atoms. The van der Waals surface area contributed by atoms with Crippen LogP contribution in [0.4, 0.5) is 11.5 Å². The Morgan fingerprint density at radius 2 is 1.76 bits per heavy atom. The lowest BCUT2D eigenvalue weighted by molar-refractivity contribution is -0.133. The van der Waals surface area contributed by atoms with Crippen LogP contribution in [0, 0.1) is 5.92 Å². The summed E-state index contributed by atoms with van der Waals surface area (Å²) >= 11 is 0. The molecule has 2 aromatic rings. The zero-order valence-corrected chi connectivity index (χ0v) is 18.0. The number of aromatic nitrogens is 1. The van der Waals surface area contributed by atoms with E-state index in [1.807, 2.05) is 25.1 Å². The molecule has 8 heteroatoms. The summed E-state index contributed by atoms with van der Waals surface area (Å²) in [6.07, 6.45) is 2.97. The van der Waals surface area contributed by atoms with Crippen LogP contribution < -0.4 is 9.21 Å². The van der Waals surface area contributed by atoms with Crippen LogP contribution in [0.15, 0.2) is 53.6 Å². The molecule has 1 amide bonds. The standard InChI is InChI=1S/C21H28N4O3S/c1-4-25(18-8-6-5-7-9-18)29(27,28)19-10-11-20(22-16-19)24-14-12-17(13-15-24)21(26)23(2)3/h5-11,16-17H,4,12-15H2,1-3H3. The van der Waals surface area contributed by atoms with Gasteiger partial charge in [-0.25, -0.2) is 13.4 Å². The highest BCUT2D eigenvalue weighted by molar-refractivity contribution is 7.92. The van der Waals surface area contributed by atoms with E-state index in [1.54, 1.807) is 43.3 Å². The van der Waals surface area contributed by atoms with Gasteiger partial charge >= 0.3 is 0 Å². The molecule has 3 rings (SSSR count). The first kappa shape index (κ1) is 21.1. The number of sulfonamides is 1. The number of pyridine rings is 1. The molecule has 0 spiro atoms. The van der Waals surface area contributed by atoms with Crippen molar-refractivity contribution in [2.45, 2.75) is 24.7 Å². The smallest absolute Gasteiger partial charge is 0.265 e. The van der Waals surface area contributed by atoms with E-state index in [2.05, 4.69) is 9.88 Å². The van der Waals surface area contributed by atoms with Crippen LogP contribution >= 0.6 is 0 Å². The van der Waals surface area contributed by atoms with Gasteiger partial charge in [0.15, 0.2) is 0 Å². The molecule has 156 valence electrons. The maximum absolute atomic E-state index is 13.1. The fourth-order valence-electron chi connectivity index (χ4n) is 3.65. The molecule has 1 saturated heterocycles. The molecule has 2 heterocycles. The van der Waals surface area contributed by atoms with Crippen LogP contribution in [0.1, 0.15) is 19.8 Å². The van der Waals surface area contributed by atoms with E-state index in [-0.39, 0.29) is 16.7 Å². The maximum atomic E-state index is 13.1. The van der Waals surface area contributed by atoms with Crippen molar-refractivity contribution in [1.82, 2.24) is 9.88 Å². The maximum Gasteiger partial charge on any atom is 0.265 e. The average Bonchev–Trinajstić information content (AvgIpc) is 2.74. The highest BCUT2D eigenvalue weighted by Gasteiger charge is 2.28. The summed E-state index contributed by atoms with van der Waals surface area (Å²) < 4.78 is 27.5. The van der Waals surface area contributed by atoms with Gasteiger partial charge in [0.05, 0.1) is 5.69 Å². The molecular formula is C21H28N4O3S. The number of anilines is 2. The van der Waals surface area contributed by atoms with Gasteiger partial charge in [-0.2, -0.15) is 0 Å². The number of amides is 1. The molecule has 0 atom stereocenters. The van der Waals surface area contributed by atoms with Crippen LogP contribution in [0.25, 0.3) is 0 Å². The molecule has 1 aromatic heterocycles. The van der Waals surface area contributed by atoms with Gasteiger partial charge in [0.1, 0.15) is 10.7 Å². The molecule has 0 bridgehead atoms. The second-order valence-electron chi connectivity index (χ2n) is 7.35. The number of nitrogens with zero attached hydrogens (tertiary/aromatic N) is 4. The lowest BCUT2D eigenvalue weighted by Gasteiger charge is -2.33. The zero-order chi connectivity index (χ0) is 21.0. The molecule has 1 fully saturated rings. The van der Waals surface area contributed by atoms with Crippen molar-refractivity contribution in [3.63, 3.8) is 0 Å². The molecule has 7 nitrogen and oxygen atoms in total. The number of hydrogen-bond acceptors (Lipinski definition) is 5. The summed E-state index contributed by atoms with van der Waals surface area (Å²) in [5.41, 5.74) is 0.631. The van der Waals surface area contributed by atoms with Crippen molar-refractivity contribution in [2.24, 2.45) is 5.92 Å². The summed E-state index contributed by atoms with van der Waals surface area (Å²) in [5.74, 6) is 0.951. The SMILES string of the molecule is CCN(c1ccccc1)S(=O)(=O)c1ccc(N2CCC(C(=O)N(C)C)CC2)nc1. The number of carbonyl (C=O) groups excluding carboxylic acids is 1. The summed E-state index contributed by atoms with van der Waals surface area (Å²) in [7, 11) is -0.115. The second-order valence-corrected chi connectivity index (χ2v) is 9.21. The molecule has 1 aliphatic heterocycles. The van der Waals surface area contributed by atoms with Gasteiger partial charge in [0.25, 0.3) is 10.0 Å². The number of rotatable bonds is 6. The van der Waals surface area contributed by atoms with Gasteiger partial charge in [0, 0.05) is 45.8 Å². The number of para-hydroxylation sites is 1. The number of hydrogen-bond donors (Lipinski definition) is 0. The molecule has 0 unspecified atom stereocenters. The van der Waals surface area contributed by atoms with Crippen molar-refractivity contribution in [3.8, 4) is 0 Å². The van der Waals surface area contributed by atoms with Gasteiger partial charge in [-0.05, 0) is 44.0 Å². The van der Waals surface area contributed by atoms with Crippen molar-refractivity contribution in [3.05, 3.63) is 48.7 Å². The quantitative estimate of drug-likeness (QED) is 0.724.